The van der Waals surface area contributed by atoms with E-state index in [0.717, 1.165) is 17.7 Å². The minimum Gasteiger partial charge on any atom is -0.497 e. The zero-order chi connectivity index (χ0) is 22.2. The number of amides is 1. The summed E-state index contributed by atoms with van der Waals surface area (Å²) in [5.41, 5.74) is 0.0878. The van der Waals surface area contributed by atoms with Crippen LogP contribution in [0.15, 0.2) is 24.3 Å². The van der Waals surface area contributed by atoms with E-state index in [-0.39, 0.29) is 49.9 Å². The summed E-state index contributed by atoms with van der Waals surface area (Å²) >= 11 is 6.18. The molecule has 6 nitrogen and oxygen atoms in total. The fraction of sp³-hybridized carbons (Fsp3) is 0.409. The summed E-state index contributed by atoms with van der Waals surface area (Å²) in [5.74, 6) is -0.831. The number of carbonyl (C=O) groups excluding carboxylic acids is 1. The van der Waals surface area contributed by atoms with Crippen LogP contribution in [0.5, 0.6) is 11.5 Å². The predicted octanol–water partition coefficient (Wildman–Crippen LogP) is 3.92. The highest BCUT2D eigenvalue weighted by molar-refractivity contribution is 6.34. The minimum absolute atomic E-state index is 0.0242. The molecule has 2 heterocycles. The number of nitrogens with zero attached hydrogens (tertiary/aromatic N) is 1. The molecule has 0 aliphatic carbocycles. The van der Waals surface area contributed by atoms with E-state index in [1.54, 1.807) is 17.0 Å². The molecule has 0 saturated carbocycles. The summed E-state index contributed by atoms with van der Waals surface area (Å²) in [7, 11) is 1.35. The minimum atomic E-state index is -1.14. The molecule has 2 aromatic rings. The zero-order valence-electron chi connectivity index (χ0n) is 17.0. The van der Waals surface area contributed by atoms with Crippen LogP contribution >= 0.6 is 11.6 Å². The molecule has 0 bridgehead atoms. The van der Waals surface area contributed by atoms with E-state index in [0.29, 0.717) is 29.3 Å². The Kier molecular flexibility index (Phi) is 5.94. The number of carbonyl (C=O) groups is 1. The highest BCUT2D eigenvalue weighted by Crippen LogP contribution is 2.38. The Labute approximate surface area is 183 Å². The van der Waals surface area contributed by atoms with Gasteiger partial charge in [0.1, 0.15) is 29.4 Å². The van der Waals surface area contributed by atoms with Crippen LogP contribution < -0.4 is 19.7 Å². The molecule has 2 aliphatic heterocycles. The van der Waals surface area contributed by atoms with E-state index in [1.165, 1.54) is 7.11 Å². The van der Waals surface area contributed by atoms with E-state index >= 15 is 0 Å². The number of ether oxygens (including phenoxy) is 2. The number of fused-ring (bicyclic) bond motifs is 1. The first-order valence-corrected chi connectivity index (χ1v) is 10.4. The molecule has 0 aromatic heterocycles. The van der Waals surface area contributed by atoms with Crippen molar-refractivity contribution < 1.29 is 28.2 Å². The lowest BCUT2D eigenvalue weighted by Crippen LogP contribution is -2.48. The number of nitrogens with one attached hydrogen (secondary N) is 1. The summed E-state index contributed by atoms with van der Waals surface area (Å²) in [4.78, 5) is 13.2. The number of anilines is 2. The highest BCUT2D eigenvalue weighted by atomic mass is 35.5. The van der Waals surface area contributed by atoms with Gasteiger partial charge in [0, 0.05) is 37.2 Å². The van der Waals surface area contributed by atoms with Crippen LogP contribution in [0.1, 0.15) is 24.8 Å². The van der Waals surface area contributed by atoms with Crippen molar-refractivity contribution in [1.29, 1.82) is 0 Å². The van der Waals surface area contributed by atoms with Crippen LogP contribution in [0.3, 0.4) is 0 Å². The van der Waals surface area contributed by atoms with Crippen molar-refractivity contribution in [2.24, 2.45) is 0 Å². The van der Waals surface area contributed by atoms with Crippen molar-refractivity contribution in [3.63, 3.8) is 0 Å². The summed E-state index contributed by atoms with van der Waals surface area (Å²) in [6, 6.07) is 5.65. The second kappa shape index (κ2) is 8.51. The lowest BCUT2D eigenvalue weighted by Gasteiger charge is -2.39. The number of hydrogen-bond donors (Lipinski definition) is 2. The van der Waals surface area contributed by atoms with Gasteiger partial charge >= 0.3 is 0 Å². The first-order valence-electron chi connectivity index (χ1n) is 10.0. The maximum atomic E-state index is 14.4. The lowest BCUT2D eigenvalue weighted by atomic mass is 9.92. The van der Waals surface area contributed by atoms with E-state index in [9.17, 15) is 18.7 Å². The predicted molar refractivity (Wildman–Crippen MR) is 113 cm³/mol. The largest absolute Gasteiger partial charge is 0.497 e. The SMILES string of the molecule is COc1cc(F)c(N2CCC(O)(COc3ccc(Cl)c4c3CCC(=O)N4)CC2)c(F)c1. The first kappa shape index (κ1) is 21.6. The molecule has 2 aliphatic rings. The van der Waals surface area contributed by atoms with Gasteiger partial charge in [-0.05, 0) is 31.4 Å². The molecule has 0 atom stereocenters. The van der Waals surface area contributed by atoms with Crippen LogP contribution in [0.4, 0.5) is 20.2 Å². The zero-order valence-corrected chi connectivity index (χ0v) is 17.8. The third-order valence-electron chi connectivity index (χ3n) is 5.82. The van der Waals surface area contributed by atoms with Gasteiger partial charge in [-0.2, -0.15) is 0 Å². The summed E-state index contributed by atoms with van der Waals surface area (Å²) in [6.45, 7) is 0.570. The second-order valence-electron chi connectivity index (χ2n) is 7.89. The van der Waals surface area contributed by atoms with Crippen LogP contribution in [-0.4, -0.2) is 43.4 Å². The Bertz CT molecular complexity index is 986. The van der Waals surface area contributed by atoms with E-state index < -0.39 is 17.2 Å². The van der Waals surface area contributed by atoms with E-state index in [1.807, 2.05) is 0 Å². The summed E-state index contributed by atoms with van der Waals surface area (Å²) in [5, 5.41) is 14.2. The van der Waals surface area contributed by atoms with Gasteiger partial charge in [0.05, 0.1) is 17.8 Å². The molecule has 0 unspecified atom stereocenters. The Morgan fingerprint density at radius 3 is 2.52 bits per heavy atom. The fourth-order valence-electron chi connectivity index (χ4n) is 4.02. The monoisotopic (exact) mass is 452 g/mol. The van der Waals surface area contributed by atoms with Gasteiger partial charge in [-0.1, -0.05) is 11.6 Å². The molecule has 2 N–H and O–H groups in total. The Morgan fingerprint density at radius 1 is 1.19 bits per heavy atom. The van der Waals surface area contributed by atoms with E-state index in [4.69, 9.17) is 21.1 Å². The number of benzene rings is 2. The molecule has 4 rings (SSSR count). The van der Waals surface area contributed by atoms with E-state index in [2.05, 4.69) is 5.32 Å². The van der Waals surface area contributed by atoms with Gasteiger partial charge in [0.15, 0.2) is 11.6 Å². The van der Waals surface area contributed by atoms with Gasteiger partial charge in [-0.15, -0.1) is 0 Å². The third kappa shape index (κ3) is 4.41. The number of aliphatic hydroxyl groups is 1. The van der Waals surface area contributed by atoms with Crippen molar-refractivity contribution in [3.8, 4) is 11.5 Å². The van der Waals surface area contributed by atoms with Crippen molar-refractivity contribution in [1.82, 2.24) is 0 Å². The van der Waals surface area contributed by atoms with Gasteiger partial charge in [-0.3, -0.25) is 4.79 Å². The van der Waals surface area contributed by atoms with Crippen molar-refractivity contribution in [3.05, 3.63) is 46.5 Å². The molecule has 1 amide bonds. The topological polar surface area (TPSA) is 71.0 Å². The average molecular weight is 453 g/mol. The highest BCUT2D eigenvalue weighted by Gasteiger charge is 2.35. The van der Waals surface area contributed by atoms with Gasteiger partial charge in [-0.25, -0.2) is 8.78 Å². The van der Waals surface area contributed by atoms with Crippen molar-refractivity contribution >= 4 is 28.9 Å². The van der Waals surface area contributed by atoms with Crippen LogP contribution in [0, 0.1) is 11.6 Å². The quantitative estimate of drug-likeness (QED) is 0.719. The van der Waals surface area contributed by atoms with Crippen LogP contribution in [0.2, 0.25) is 5.02 Å². The number of halogens is 3. The fourth-order valence-corrected chi connectivity index (χ4v) is 4.25. The van der Waals surface area contributed by atoms with Gasteiger partial charge in [0.2, 0.25) is 5.91 Å². The third-order valence-corrected chi connectivity index (χ3v) is 6.13. The molecule has 0 spiro atoms. The molecule has 9 heteroatoms. The Balaban J connectivity index is 1.43. The Morgan fingerprint density at radius 2 is 1.87 bits per heavy atom. The Hall–Kier alpha value is -2.58. The molecule has 0 radical (unpaired) electrons. The number of rotatable bonds is 5. The maximum Gasteiger partial charge on any atom is 0.224 e. The summed E-state index contributed by atoms with van der Waals surface area (Å²) < 4.78 is 39.6. The molecule has 31 heavy (non-hydrogen) atoms. The molecule has 2 aromatic carbocycles. The maximum absolute atomic E-state index is 14.4. The van der Waals surface area contributed by atoms with Crippen molar-refractivity contribution in [2.45, 2.75) is 31.3 Å². The van der Waals surface area contributed by atoms with Gasteiger partial charge < -0.3 is 24.8 Å². The normalized spacial score (nSPS) is 17.7. The number of piperidine rings is 1. The second-order valence-corrected chi connectivity index (χ2v) is 8.29. The molecule has 1 saturated heterocycles. The summed E-state index contributed by atoms with van der Waals surface area (Å²) in [6.07, 6.45) is 1.40. The van der Waals surface area contributed by atoms with Crippen LogP contribution in [0.25, 0.3) is 0 Å². The van der Waals surface area contributed by atoms with Crippen LogP contribution in [-0.2, 0) is 11.2 Å². The molecular formula is C22H23ClF2N2O4. The average Bonchev–Trinajstić information content (AvgIpc) is 2.74. The first-order chi connectivity index (χ1) is 14.8. The molecule has 1 fully saturated rings. The smallest absolute Gasteiger partial charge is 0.224 e. The number of hydrogen-bond acceptors (Lipinski definition) is 5. The number of methoxy groups -OCH3 is 1. The lowest BCUT2D eigenvalue weighted by molar-refractivity contribution is -0.116. The molecule has 166 valence electrons. The standard InChI is InChI=1S/C22H23ClF2N2O4/c1-30-13-10-16(24)21(17(25)11-13)27-8-6-22(29,7-9-27)12-31-18-4-3-15(23)20-14(18)2-5-19(28)26-20/h3-4,10-11,29H,2,5-9,12H2,1H3,(H,26,28). The van der Waals surface area contributed by atoms with Crippen molar-refractivity contribution in [2.75, 3.05) is 37.0 Å². The molecular weight excluding hydrogens is 430 g/mol. The van der Waals surface area contributed by atoms with Gasteiger partial charge in [0.25, 0.3) is 0 Å².